The zero-order chi connectivity index (χ0) is 14.3. The van der Waals surface area contributed by atoms with Crippen molar-refractivity contribution in [1.29, 1.82) is 0 Å². The van der Waals surface area contributed by atoms with Gasteiger partial charge in [0.25, 0.3) is 10.2 Å². The summed E-state index contributed by atoms with van der Waals surface area (Å²) in [5, 5.41) is 0. The first-order valence-corrected chi connectivity index (χ1v) is 6.71. The minimum atomic E-state index is -3.74. The third-order valence-corrected chi connectivity index (χ3v) is 3.83. The van der Waals surface area contributed by atoms with Crippen LogP contribution in [0.5, 0.6) is 0 Å². The summed E-state index contributed by atoms with van der Waals surface area (Å²) < 4.78 is 31.1. The molecule has 3 N–H and O–H groups in total. The van der Waals surface area contributed by atoms with Crippen molar-refractivity contribution in [2.45, 2.75) is 25.8 Å². The average molecular weight is 281 g/mol. The molecule has 0 aromatic carbocycles. The Morgan fingerprint density at radius 3 is 2.44 bits per heavy atom. The van der Waals surface area contributed by atoms with E-state index in [1.165, 1.54) is 21.1 Å². The first-order chi connectivity index (χ1) is 8.19. The number of esters is 1. The van der Waals surface area contributed by atoms with Gasteiger partial charge in [-0.2, -0.15) is 17.4 Å². The van der Waals surface area contributed by atoms with Gasteiger partial charge < -0.3 is 10.5 Å². The molecule has 0 heterocycles. The van der Waals surface area contributed by atoms with E-state index in [-0.39, 0.29) is 19.4 Å². The van der Waals surface area contributed by atoms with Gasteiger partial charge in [0.05, 0.1) is 13.5 Å². The van der Waals surface area contributed by atoms with Gasteiger partial charge in [0.15, 0.2) is 0 Å². The van der Waals surface area contributed by atoms with E-state index in [1.807, 2.05) is 0 Å². The summed E-state index contributed by atoms with van der Waals surface area (Å²) in [4.78, 5) is 21.5. The van der Waals surface area contributed by atoms with Crippen molar-refractivity contribution in [2.24, 2.45) is 5.73 Å². The number of hydrogen-bond donors (Lipinski definition) is 2. The van der Waals surface area contributed by atoms with Crippen LogP contribution in [-0.4, -0.2) is 51.3 Å². The van der Waals surface area contributed by atoms with Crippen LogP contribution in [0.15, 0.2) is 0 Å². The summed E-state index contributed by atoms with van der Waals surface area (Å²) in [7, 11) is -1.19. The second kappa shape index (κ2) is 7.29. The van der Waals surface area contributed by atoms with Gasteiger partial charge in [-0.05, 0) is 6.92 Å². The molecule has 1 unspecified atom stereocenters. The normalized spacial score (nSPS) is 13.3. The Bertz CT molecular complexity index is 395. The van der Waals surface area contributed by atoms with Crippen LogP contribution in [0.4, 0.5) is 0 Å². The molecule has 8 nitrogen and oxygen atoms in total. The lowest BCUT2D eigenvalue weighted by Crippen LogP contribution is -2.44. The highest BCUT2D eigenvalue weighted by Crippen LogP contribution is 2.00. The summed E-state index contributed by atoms with van der Waals surface area (Å²) in [5.74, 6) is -1.09. The summed E-state index contributed by atoms with van der Waals surface area (Å²) in [6, 6.07) is -0.604. The van der Waals surface area contributed by atoms with Crippen molar-refractivity contribution in [3.8, 4) is 0 Å². The Labute approximate surface area is 107 Å². The number of hydrogen-bond acceptors (Lipinski definition) is 5. The van der Waals surface area contributed by atoms with Crippen LogP contribution in [-0.2, 0) is 24.5 Å². The number of nitrogens with two attached hydrogens (primary N) is 1. The molecule has 0 aliphatic carbocycles. The van der Waals surface area contributed by atoms with Crippen LogP contribution in [0, 0.1) is 0 Å². The SMILES string of the molecule is COC(=O)CCN(C)S(=O)(=O)NC(C)CC(N)=O. The average Bonchev–Trinajstić information content (AvgIpc) is 2.22. The van der Waals surface area contributed by atoms with Crippen molar-refractivity contribution in [3.63, 3.8) is 0 Å². The molecule has 0 aliphatic heterocycles. The summed E-state index contributed by atoms with van der Waals surface area (Å²) >= 11 is 0. The number of ether oxygens (including phenoxy) is 1. The van der Waals surface area contributed by atoms with E-state index in [0.717, 1.165) is 4.31 Å². The number of rotatable bonds is 8. The molecule has 1 atom stereocenters. The van der Waals surface area contributed by atoms with Gasteiger partial charge in [0.1, 0.15) is 0 Å². The number of primary amides is 1. The Morgan fingerprint density at radius 2 is 2.00 bits per heavy atom. The second-order valence-corrected chi connectivity index (χ2v) is 5.65. The third kappa shape index (κ3) is 6.52. The maximum atomic E-state index is 11.7. The first-order valence-electron chi connectivity index (χ1n) is 5.27. The van der Waals surface area contributed by atoms with Crippen LogP contribution in [0.1, 0.15) is 19.8 Å². The lowest BCUT2D eigenvalue weighted by Gasteiger charge is -2.20. The lowest BCUT2D eigenvalue weighted by molar-refractivity contribution is -0.140. The first kappa shape index (κ1) is 16.8. The van der Waals surface area contributed by atoms with Crippen molar-refractivity contribution in [1.82, 2.24) is 9.03 Å². The van der Waals surface area contributed by atoms with Crippen LogP contribution in [0.3, 0.4) is 0 Å². The van der Waals surface area contributed by atoms with Gasteiger partial charge in [-0.15, -0.1) is 0 Å². The molecule has 0 saturated carbocycles. The molecular formula is C9H19N3O5S. The number of amides is 1. The molecule has 106 valence electrons. The van der Waals surface area contributed by atoms with Crippen molar-refractivity contribution >= 4 is 22.1 Å². The topological polar surface area (TPSA) is 119 Å². The molecule has 18 heavy (non-hydrogen) atoms. The minimum Gasteiger partial charge on any atom is -0.469 e. The highest BCUT2D eigenvalue weighted by molar-refractivity contribution is 7.87. The summed E-state index contributed by atoms with van der Waals surface area (Å²) in [6.07, 6.45) is -0.137. The summed E-state index contributed by atoms with van der Waals surface area (Å²) in [6.45, 7) is 1.52. The van der Waals surface area contributed by atoms with Gasteiger partial charge >= 0.3 is 5.97 Å². The largest absolute Gasteiger partial charge is 0.469 e. The quantitative estimate of drug-likeness (QED) is 0.529. The van der Waals surface area contributed by atoms with Crippen LogP contribution < -0.4 is 10.5 Å². The fraction of sp³-hybridized carbons (Fsp3) is 0.778. The number of methoxy groups -OCH3 is 1. The maximum Gasteiger partial charge on any atom is 0.306 e. The molecule has 0 saturated heterocycles. The molecule has 0 aromatic heterocycles. The maximum absolute atomic E-state index is 11.7. The predicted octanol–water partition coefficient (Wildman–Crippen LogP) is -1.42. The van der Waals surface area contributed by atoms with E-state index in [2.05, 4.69) is 9.46 Å². The zero-order valence-corrected chi connectivity index (χ0v) is 11.5. The van der Waals surface area contributed by atoms with Crippen molar-refractivity contribution < 1.29 is 22.7 Å². The van der Waals surface area contributed by atoms with Gasteiger partial charge in [-0.25, -0.2) is 0 Å². The highest BCUT2D eigenvalue weighted by Gasteiger charge is 2.21. The highest BCUT2D eigenvalue weighted by atomic mass is 32.2. The van der Waals surface area contributed by atoms with Gasteiger partial charge in [0.2, 0.25) is 5.91 Å². The minimum absolute atomic E-state index is 0.00863. The molecule has 0 spiro atoms. The Balaban J connectivity index is 4.35. The molecule has 0 aliphatic rings. The standard InChI is InChI=1S/C9H19N3O5S/c1-7(6-8(10)13)11-18(15,16)12(2)5-4-9(14)17-3/h7,11H,4-6H2,1-3H3,(H2,10,13). The Hall–Kier alpha value is -1.19. The van der Waals surface area contributed by atoms with E-state index in [9.17, 15) is 18.0 Å². The molecule has 9 heteroatoms. The van der Waals surface area contributed by atoms with E-state index in [4.69, 9.17) is 5.73 Å². The smallest absolute Gasteiger partial charge is 0.306 e. The van der Waals surface area contributed by atoms with E-state index in [1.54, 1.807) is 0 Å². The van der Waals surface area contributed by atoms with E-state index >= 15 is 0 Å². The number of carbonyl (C=O) groups is 2. The van der Waals surface area contributed by atoms with Crippen LogP contribution >= 0.6 is 0 Å². The molecule has 1 amide bonds. The Kier molecular flexibility index (Phi) is 6.81. The van der Waals surface area contributed by atoms with Crippen LogP contribution in [0.2, 0.25) is 0 Å². The van der Waals surface area contributed by atoms with Crippen molar-refractivity contribution in [2.75, 3.05) is 20.7 Å². The van der Waals surface area contributed by atoms with E-state index < -0.39 is 28.1 Å². The molecule has 0 aromatic rings. The van der Waals surface area contributed by atoms with Gasteiger partial charge in [-0.1, -0.05) is 0 Å². The second-order valence-electron chi connectivity index (χ2n) is 3.84. The number of nitrogens with zero attached hydrogens (tertiary/aromatic N) is 1. The number of nitrogens with one attached hydrogen (secondary N) is 1. The molecule has 0 rings (SSSR count). The fourth-order valence-corrected chi connectivity index (χ4v) is 2.26. The fourth-order valence-electron chi connectivity index (χ4n) is 1.16. The van der Waals surface area contributed by atoms with Crippen LogP contribution in [0.25, 0.3) is 0 Å². The van der Waals surface area contributed by atoms with Crippen molar-refractivity contribution in [3.05, 3.63) is 0 Å². The zero-order valence-electron chi connectivity index (χ0n) is 10.7. The molecular weight excluding hydrogens is 262 g/mol. The predicted molar refractivity (Wildman–Crippen MR) is 64.6 cm³/mol. The Morgan fingerprint density at radius 1 is 1.44 bits per heavy atom. The van der Waals surface area contributed by atoms with E-state index in [0.29, 0.717) is 0 Å². The molecule has 0 radical (unpaired) electrons. The molecule has 0 fully saturated rings. The molecule has 0 bridgehead atoms. The van der Waals surface area contributed by atoms with Gasteiger partial charge in [0, 0.05) is 26.1 Å². The summed E-state index contributed by atoms with van der Waals surface area (Å²) in [5.41, 5.74) is 4.96. The number of carbonyl (C=O) groups excluding carboxylic acids is 2. The monoisotopic (exact) mass is 281 g/mol. The lowest BCUT2D eigenvalue weighted by atomic mass is 10.2. The van der Waals surface area contributed by atoms with Gasteiger partial charge in [-0.3, -0.25) is 9.59 Å². The third-order valence-electron chi connectivity index (χ3n) is 2.13.